The molecule has 0 saturated carbocycles. The van der Waals surface area contributed by atoms with Crippen LogP contribution in [0.4, 0.5) is 16.4 Å². The van der Waals surface area contributed by atoms with E-state index >= 15 is 0 Å². The van der Waals surface area contributed by atoms with Crippen molar-refractivity contribution in [2.45, 2.75) is 32.9 Å². The van der Waals surface area contributed by atoms with Crippen molar-refractivity contribution in [2.24, 2.45) is 4.99 Å². The van der Waals surface area contributed by atoms with Gasteiger partial charge in [0.25, 0.3) is 5.91 Å². The number of rotatable bonds is 5. The summed E-state index contributed by atoms with van der Waals surface area (Å²) >= 11 is 5.92. The maximum absolute atomic E-state index is 12.8. The van der Waals surface area contributed by atoms with Crippen molar-refractivity contribution in [3.05, 3.63) is 40.7 Å². The normalized spacial score (nSPS) is 18.1. The summed E-state index contributed by atoms with van der Waals surface area (Å²) in [6.07, 6.45) is 0.878. The number of amidine groups is 1. The van der Waals surface area contributed by atoms with Crippen LogP contribution < -0.4 is 9.88 Å². The number of hydrogen-bond acceptors (Lipinski definition) is 4. The summed E-state index contributed by atoms with van der Waals surface area (Å²) in [7, 11) is 3.17. The molecule has 1 N–H and O–H groups in total. The number of nitrogens with one attached hydrogen (secondary N) is 1. The number of imidazole rings is 1. The van der Waals surface area contributed by atoms with E-state index in [0.29, 0.717) is 10.9 Å². The average Bonchev–Trinajstić information content (AvgIpc) is 3.20. The van der Waals surface area contributed by atoms with E-state index in [9.17, 15) is 9.59 Å². The number of carbonyl (C=O) groups excluding carboxylic acids is 2. The molecule has 29 heavy (non-hydrogen) atoms. The quantitative estimate of drug-likeness (QED) is 0.602. The van der Waals surface area contributed by atoms with Gasteiger partial charge in [0.05, 0.1) is 6.54 Å². The van der Waals surface area contributed by atoms with Gasteiger partial charge in [-0.2, -0.15) is 0 Å². The molecule has 8 nitrogen and oxygen atoms in total. The van der Waals surface area contributed by atoms with Gasteiger partial charge in [-0.1, -0.05) is 16.6 Å². The highest BCUT2D eigenvalue weighted by Crippen LogP contribution is 2.34. The fourth-order valence-corrected chi connectivity index (χ4v) is 4.01. The topological polar surface area (TPSA) is 73.8 Å². The van der Waals surface area contributed by atoms with Gasteiger partial charge in [0, 0.05) is 31.4 Å². The van der Waals surface area contributed by atoms with Crippen LogP contribution in [0, 0.1) is 13.8 Å². The monoisotopic (exact) mass is 415 g/mol. The maximum atomic E-state index is 12.8. The van der Waals surface area contributed by atoms with Crippen LogP contribution in [0.25, 0.3) is 0 Å². The van der Waals surface area contributed by atoms with Crippen LogP contribution in [-0.2, 0) is 11.3 Å². The molecule has 2 aliphatic rings. The van der Waals surface area contributed by atoms with E-state index in [4.69, 9.17) is 11.6 Å². The predicted octanol–water partition coefficient (Wildman–Crippen LogP) is 2.66. The van der Waals surface area contributed by atoms with E-state index in [1.807, 2.05) is 42.7 Å². The third-order valence-corrected chi connectivity index (χ3v) is 5.93. The Hall–Kier alpha value is -2.87. The number of halogens is 1. The standard InChI is InChI=1S/C20H24ClN6O2/c1-12-13(2)27-16-17(24(3)20(29)25(4)18(16)28)23-19(27)26(12)11-5-10-22-15-8-6-14(21)7-9-15/h6-9,16,22H,5,10-11H2,1-4H3/q+1. The van der Waals surface area contributed by atoms with E-state index in [-0.39, 0.29) is 11.9 Å². The van der Waals surface area contributed by atoms with Gasteiger partial charge in [-0.05, 0) is 44.5 Å². The van der Waals surface area contributed by atoms with Crippen LogP contribution >= 0.6 is 11.6 Å². The molecule has 4 rings (SSSR count). The van der Waals surface area contributed by atoms with Gasteiger partial charge in [-0.25, -0.2) is 13.9 Å². The Morgan fingerprint density at radius 1 is 1.14 bits per heavy atom. The summed E-state index contributed by atoms with van der Waals surface area (Å²) in [6, 6.07) is 6.68. The van der Waals surface area contributed by atoms with Crippen LogP contribution in [0.1, 0.15) is 23.9 Å². The Bertz CT molecular complexity index is 1030. The van der Waals surface area contributed by atoms with E-state index in [0.717, 1.165) is 47.4 Å². The van der Waals surface area contributed by atoms with E-state index in [1.54, 1.807) is 7.05 Å². The number of urea groups is 1. The van der Waals surface area contributed by atoms with Crippen LogP contribution in [0.2, 0.25) is 5.02 Å². The highest BCUT2D eigenvalue weighted by atomic mass is 35.5. The zero-order chi connectivity index (χ0) is 20.9. The first-order valence-corrected chi connectivity index (χ1v) is 9.93. The molecule has 1 saturated heterocycles. The molecule has 1 atom stereocenters. The fraction of sp³-hybridized carbons (Fsp3) is 0.400. The number of imide groups is 1. The molecule has 1 aromatic heterocycles. The number of nitrogens with zero attached hydrogens (tertiary/aromatic N) is 5. The Morgan fingerprint density at radius 2 is 1.83 bits per heavy atom. The second-order valence-electron chi connectivity index (χ2n) is 7.39. The Labute approximate surface area is 174 Å². The minimum atomic E-state index is -0.579. The highest BCUT2D eigenvalue weighted by molar-refractivity contribution is 6.30. The molecule has 1 fully saturated rings. The van der Waals surface area contributed by atoms with Gasteiger partial charge in [0.1, 0.15) is 11.4 Å². The van der Waals surface area contributed by atoms with Gasteiger partial charge in [0.2, 0.25) is 11.9 Å². The number of aromatic nitrogens is 2. The van der Waals surface area contributed by atoms with Crippen molar-refractivity contribution in [3.63, 3.8) is 0 Å². The van der Waals surface area contributed by atoms with E-state index in [2.05, 4.69) is 14.9 Å². The summed E-state index contributed by atoms with van der Waals surface area (Å²) in [5.41, 5.74) is 3.08. The summed E-state index contributed by atoms with van der Waals surface area (Å²) in [6.45, 7) is 5.57. The maximum Gasteiger partial charge on any atom is 0.402 e. The molecule has 0 spiro atoms. The minimum absolute atomic E-state index is 0.250. The molecular formula is C20H24ClN6O2+. The zero-order valence-corrected chi connectivity index (χ0v) is 17.7. The lowest BCUT2D eigenvalue weighted by Gasteiger charge is -2.30. The average molecular weight is 416 g/mol. The first kappa shape index (κ1) is 19.4. The number of carbonyl (C=O) groups is 2. The fourth-order valence-electron chi connectivity index (χ4n) is 3.89. The molecule has 0 bridgehead atoms. The molecule has 152 valence electrons. The number of fused-ring (bicyclic) bond motifs is 3. The molecule has 2 aromatic rings. The minimum Gasteiger partial charge on any atom is -0.385 e. The summed E-state index contributed by atoms with van der Waals surface area (Å²) in [4.78, 5) is 32.4. The highest BCUT2D eigenvalue weighted by Gasteiger charge is 2.53. The number of amides is 3. The van der Waals surface area contributed by atoms with Crippen molar-refractivity contribution in [2.75, 3.05) is 26.0 Å². The molecule has 0 aliphatic carbocycles. The molecule has 2 aliphatic heterocycles. The van der Waals surface area contributed by atoms with E-state index < -0.39 is 6.04 Å². The largest absolute Gasteiger partial charge is 0.402 e. The first-order valence-electron chi connectivity index (χ1n) is 9.55. The van der Waals surface area contributed by atoms with Crippen molar-refractivity contribution >= 4 is 41.0 Å². The van der Waals surface area contributed by atoms with Crippen molar-refractivity contribution in [1.29, 1.82) is 0 Å². The Kier molecular flexibility index (Phi) is 4.82. The van der Waals surface area contributed by atoms with Crippen molar-refractivity contribution in [1.82, 2.24) is 14.4 Å². The second kappa shape index (κ2) is 7.18. The van der Waals surface area contributed by atoms with Crippen LogP contribution in [0.5, 0.6) is 0 Å². The Morgan fingerprint density at radius 3 is 2.52 bits per heavy atom. The zero-order valence-electron chi connectivity index (χ0n) is 16.9. The summed E-state index contributed by atoms with van der Waals surface area (Å²) in [5, 5.41) is 4.10. The predicted molar refractivity (Wildman–Crippen MR) is 111 cm³/mol. The third-order valence-electron chi connectivity index (χ3n) is 5.68. The number of likely N-dealkylation sites (N-methyl/N-ethyl adjacent to an activating group) is 2. The Balaban J connectivity index is 1.54. The van der Waals surface area contributed by atoms with Crippen molar-refractivity contribution < 1.29 is 14.2 Å². The number of anilines is 1. The number of hydrogen-bond donors (Lipinski definition) is 1. The van der Waals surface area contributed by atoms with Gasteiger partial charge in [-0.3, -0.25) is 14.6 Å². The molecule has 3 heterocycles. The lowest BCUT2D eigenvalue weighted by molar-refractivity contribution is -0.689. The molecule has 3 amide bonds. The summed E-state index contributed by atoms with van der Waals surface area (Å²) < 4.78 is 4.06. The molecule has 1 unspecified atom stereocenters. The van der Waals surface area contributed by atoms with Crippen LogP contribution in [-0.4, -0.2) is 52.8 Å². The first-order chi connectivity index (χ1) is 13.8. The smallest absolute Gasteiger partial charge is 0.385 e. The lowest BCUT2D eigenvalue weighted by atomic mass is 10.1. The number of aliphatic imine (C=N–C) groups is 1. The molecule has 0 radical (unpaired) electrons. The third kappa shape index (κ3) is 3.07. The number of benzene rings is 1. The van der Waals surface area contributed by atoms with Crippen molar-refractivity contribution in [3.8, 4) is 0 Å². The van der Waals surface area contributed by atoms with Gasteiger partial charge < -0.3 is 5.32 Å². The molecule has 1 aromatic carbocycles. The molecular weight excluding hydrogens is 392 g/mol. The SMILES string of the molecule is Cc1c(C)[n+](CCCNc2ccc(Cl)cc2)c2n1C1C(=O)N(C)C(=O)N(C)C1=N2. The second-order valence-corrected chi connectivity index (χ2v) is 7.83. The van der Waals surface area contributed by atoms with Gasteiger partial charge >= 0.3 is 12.0 Å². The van der Waals surface area contributed by atoms with Gasteiger partial charge in [0.15, 0.2) is 0 Å². The van der Waals surface area contributed by atoms with Crippen LogP contribution in [0.15, 0.2) is 29.3 Å². The molecule has 9 heteroatoms. The summed E-state index contributed by atoms with van der Waals surface area (Å²) in [5.74, 6) is 0.958. The van der Waals surface area contributed by atoms with E-state index in [1.165, 1.54) is 11.9 Å². The van der Waals surface area contributed by atoms with Crippen LogP contribution in [0.3, 0.4) is 0 Å². The lowest BCUT2D eigenvalue weighted by Crippen LogP contribution is -2.56. The van der Waals surface area contributed by atoms with Gasteiger partial charge in [-0.15, -0.1) is 0 Å².